The van der Waals surface area contributed by atoms with Crippen LogP contribution in [0.2, 0.25) is 0 Å². The molecule has 0 amide bonds. The van der Waals surface area contributed by atoms with Gasteiger partial charge in [0.05, 0.1) is 0 Å². The Hall–Kier alpha value is -0.480. The van der Waals surface area contributed by atoms with Crippen LogP contribution in [0.1, 0.15) is 13.3 Å². The number of halogens is 1. The maximum absolute atomic E-state index is 11.2. The van der Waals surface area contributed by atoms with Crippen molar-refractivity contribution in [3.8, 4) is 0 Å². The van der Waals surface area contributed by atoms with E-state index in [0.717, 1.165) is 15.8 Å². The lowest BCUT2D eigenvalue weighted by Crippen LogP contribution is -2.19. The zero-order chi connectivity index (χ0) is 11.1. The summed E-state index contributed by atoms with van der Waals surface area (Å²) in [6.07, 6.45) is 0.758. The van der Waals surface area contributed by atoms with Gasteiger partial charge in [-0.25, -0.2) is 0 Å². The lowest BCUT2D eigenvalue weighted by Gasteiger charge is -2.11. The highest BCUT2D eigenvalue weighted by molar-refractivity contribution is 9.10. The number of carbonyl (C=O) groups is 1. The number of hydrogen-bond acceptors (Lipinski definition) is 2. The molecule has 15 heavy (non-hydrogen) atoms. The minimum absolute atomic E-state index is 0.257. The van der Waals surface area contributed by atoms with Crippen molar-refractivity contribution in [2.45, 2.75) is 23.0 Å². The summed E-state index contributed by atoms with van der Waals surface area (Å²) in [5, 5.41) is 9.19. The first kappa shape index (κ1) is 11.0. The van der Waals surface area contributed by atoms with E-state index in [0.29, 0.717) is 0 Å². The zero-order valence-corrected chi connectivity index (χ0v) is 10.6. The quantitative estimate of drug-likeness (QED) is 0.925. The van der Waals surface area contributed by atoms with Crippen molar-refractivity contribution in [1.82, 2.24) is 0 Å². The van der Waals surface area contributed by atoms with Crippen LogP contribution >= 0.6 is 27.7 Å². The van der Waals surface area contributed by atoms with Gasteiger partial charge in [0.25, 0.3) is 0 Å². The Morgan fingerprint density at radius 3 is 2.67 bits per heavy atom. The van der Waals surface area contributed by atoms with Gasteiger partial charge in [0, 0.05) is 9.37 Å². The van der Waals surface area contributed by atoms with Gasteiger partial charge in [-0.2, -0.15) is 0 Å². The molecule has 0 aliphatic heterocycles. The zero-order valence-electron chi connectivity index (χ0n) is 8.24. The van der Waals surface area contributed by atoms with Crippen molar-refractivity contribution in [3.05, 3.63) is 28.7 Å². The molecule has 1 aromatic carbocycles. The fourth-order valence-corrected chi connectivity index (χ4v) is 3.46. The third-order valence-electron chi connectivity index (χ3n) is 2.74. The molecular weight excluding hydrogens is 276 g/mol. The molecule has 1 aliphatic carbocycles. The van der Waals surface area contributed by atoms with Crippen LogP contribution in [0.5, 0.6) is 0 Å². The van der Waals surface area contributed by atoms with E-state index in [1.165, 1.54) is 11.8 Å². The molecule has 2 rings (SSSR count). The number of carboxylic acid groups (broad SMARTS) is 1. The fraction of sp³-hybridized carbons (Fsp3) is 0.364. The first-order valence-electron chi connectivity index (χ1n) is 4.73. The van der Waals surface area contributed by atoms with Crippen molar-refractivity contribution in [1.29, 1.82) is 0 Å². The van der Waals surface area contributed by atoms with Crippen molar-refractivity contribution in [2.24, 2.45) is 5.92 Å². The van der Waals surface area contributed by atoms with Crippen LogP contribution in [-0.4, -0.2) is 15.8 Å². The van der Waals surface area contributed by atoms with Gasteiger partial charge in [0.15, 0.2) is 0 Å². The van der Waals surface area contributed by atoms with Gasteiger partial charge in [-0.3, -0.25) is 4.79 Å². The van der Waals surface area contributed by atoms with E-state index in [2.05, 4.69) is 15.9 Å². The van der Waals surface area contributed by atoms with E-state index in [1.807, 2.05) is 31.2 Å². The number of aliphatic carboxylic acids is 1. The van der Waals surface area contributed by atoms with E-state index in [-0.39, 0.29) is 5.92 Å². The van der Waals surface area contributed by atoms with Gasteiger partial charge >= 0.3 is 5.97 Å². The van der Waals surface area contributed by atoms with Gasteiger partial charge < -0.3 is 5.11 Å². The van der Waals surface area contributed by atoms with Crippen molar-refractivity contribution >= 4 is 33.7 Å². The maximum atomic E-state index is 11.2. The summed E-state index contributed by atoms with van der Waals surface area (Å²) in [6.45, 7) is 1.98. The highest BCUT2D eigenvalue weighted by atomic mass is 79.9. The lowest BCUT2D eigenvalue weighted by atomic mass is 10.3. The number of hydrogen-bond donors (Lipinski definition) is 1. The Kier molecular flexibility index (Phi) is 2.81. The Balaban J connectivity index is 2.23. The molecule has 1 N–H and O–H groups in total. The molecule has 1 aromatic rings. The minimum atomic E-state index is -0.698. The van der Waals surface area contributed by atoms with Crippen LogP contribution in [0.4, 0.5) is 0 Å². The van der Waals surface area contributed by atoms with E-state index >= 15 is 0 Å². The molecule has 0 aromatic heterocycles. The summed E-state index contributed by atoms with van der Waals surface area (Å²) in [5.41, 5.74) is 0. The summed E-state index contributed by atoms with van der Waals surface area (Å²) in [7, 11) is 0. The van der Waals surface area contributed by atoms with Gasteiger partial charge in [-0.1, -0.05) is 19.1 Å². The second-order valence-corrected chi connectivity index (χ2v) is 6.06. The first-order chi connectivity index (χ1) is 7.06. The molecule has 2 unspecified atom stereocenters. The molecule has 2 atom stereocenters. The third kappa shape index (κ3) is 1.93. The summed E-state index contributed by atoms with van der Waals surface area (Å²) in [6, 6.07) is 7.74. The number of carboxylic acids is 1. The number of thioether (sulfide) groups is 1. The van der Waals surface area contributed by atoms with E-state index in [1.54, 1.807) is 0 Å². The van der Waals surface area contributed by atoms with Crippen LogP contribution in [0, 0.1) is 5.92 Å². The Morgan fingerprint density at radius 2 is 2.20 bits per heavy atom. The predicted octanol–water partition coefficient (Wildman–Crippen LogP) is 3.40. The molecule has 0 spiro atoms. The second-order valence-electron chi connectivity index (χ2n) is 3.83. The second kappa shape index (κ2) is 3.83. The molecule has 1 saturated carbocycles. The Labute approximate surface area is 101 Å². The normalized spacial score (nSPS) is 28.8. The van der Waals surface area contributed by atoms with Gasteiger partial charge in [-0.05, 0) is 40.4 Å². The van der Waals surface area contributed by atoms with E-state index in [4.69, 9.17) is 0 Å². The van der Waals surface area contributed by atoms with Crippen LogP contribution < -0.4 is 0 Å². The average Bonchev–Trinajstić information content (AvgIpc) is 2.82. The predicted molar refractivity (Wildman–Crippen MR) is 64.1 cm³/mol. The fourth-order valence-electron chi connectivity index (χ4n) is 1.60. The number of benzene rings is 1. The molecule has 1 aliphatic rings. The topological polar surface area (TPSA) is 37.3 Å². The smallest absolute Gasteiger partial charge is 0.320 e. The summed E-state index contributed by atoms with van der Waals surface area (Å²) in [4.78, 5) is 12.2. The van der Waals surface area contributed by atoms with Gasteiger partial charge in [-0.15, -0.1) is 11.8 Å². The van der Waals surface area contributed by atoms with E-state index in [9.17, 15) is 9.90 Å². The van der Waals surface area contributed by atoms with Crippen molar-refractivity contribution in [2.75, 3.05) is 0 Å². The monoisotopic (exact) mass is 286 g/mol. The highest BCUT2D eigenvalue weighted by Gasteiger charge is 2.58. The lowest BCUT2D eigenvalue weighted by molar-refractivity contribution is -0.137. The molecule has 0 heterocycles. The van der Waals surface area contributed by atoms with Gasteiger partial charge in [0.1, 0.15) is 4.75 Å². The van der Waals surface area contributed by atoms with Crippen LogP contribution in [-0.2, 0) is 4.79 Å². The molecule has 2 nitrogen and oxygen atoms in total. The van der Waals surface area contributed by atoms with Crippen LogP contribution in [0.3, 0.4) is 0 Å². The molecule has 0 bridgehead atoms. The van der Waals surface area contributed by atoms with Gasteiger partial charge in [0.2, 0.25) is 0 Å². The molecule has 1 fully saturated rings. The Morgan fingerprint density at radius 1 is 1.60 bits per heavy atom. The van der Waals surface area contributed by atoms with Crippen LogP contribution in [0.25, 0.3) is 0 Å². The number of rotatable bonds is 3. The Bertz CT molecular complexity index is 407. The molecular formula is C11H11BrO2S. The van der Waals surface area contributed by atoms with Crippen molar-refractivity contribution < 1.29 is 9.90 Å². The summed E-state index contributed by atoms with van der Waals surface area (Å²) >= 11 is 4.89. The maximum Gasteiger partial charge on any atom is 0.320 e. The summed E-state index contributed by atoms with van der Waals surface area (Å²) in [5.74, 6) is -0.442. The minimum Gasteiger partial charge on any atom is -0.480 e. The average molecular weight is 287 g/mol. The van der Waals surface area contributed by atoms with E-state index < -0.39 is 10.7 Å². The molecule has 4 heteroatoms. The highest BCUT2D eigenvalue weighted by Crippen LogP contribution is 2.57. The van der Waals surface area contributed by atoms with Crippen molar-refractivity contribution in [3.63, 3.8) is 0 Å². The van der Waals surface area contributed by atoms with Crippen LogP contribution in [0.15, 0.2) is 33.6 Å². The third-order valence-corrected chi connectivity index (χ3v) is 5.37. The first-order valence-corrected chi connectivity index (χ1v) is 6.34. The standard InChI is InChI=1S/C11H11BrO2S/c1-7-6-11(7,10(13)14)15-9-5-3-2-4-8(9)12/h2-5,7H,6H2,1H3,(H,13,14). The molecule has 0 radical (unpaired) electrons. The SMILES string of the molecule is CC1CC1(Sc1ccccc1Br)C(=O)O. The molecule has 0 saturated heterocycles. The summed E-state index contributed by atoms with van der Waals surface area (Å²) < 4.78 is 0.374. The largest absolute Gasteiger partial charge is 0.480 e. The molecule has 80 valence electrons.